The lowest BCUT2D eigenvalue weighted by molar-refractivity contribution is -0.137. The van der Waals surface area contributed by atoms with Crippen LogP contribution in [0.15, 0.2) is 12.1 Å². The smallest absolute Gasteiger partial charge is 0.304 e. The minimum atomic E-state index is -0.741. The number of rotatable bonds is 5. The van der Waals surface area contributed by atoms with Crippen molar-refractivity contribution >= 4 is 5.97 Å². The maximum absolute atomic E-state index is 10.5. The molecule has 17 heavy (non-hydrogen) atoms. The van der Waals surface area contributed by atoms with Crippen LogP contribution in [0.3, 0.4) is 0 Å². The number of carboxylic acid groups (broad SMARTS) is 1. The van der Waals surface area contributed by atoms with E-state index in [4.69, 9.17) is 5.11 Å². The number of aliphatic carboxylic acids is 1. The molecular weight excluding hydrogens is 214 g/mol. The Hall–Kier alpha value is -1.35. The largest absolute Gasteiger partial charge is 0.481 e. The highest BCUT2D eigenvalue weighted by atomic mass is 16.4. The fourth-order valence-corrected chi connectivity index (χ4v) is 2.09. The van der Waals surface area contributed by atoms with Crippen LogP contribution in [0.25, 0.3) is 0 Å². The Balaban J connectivity index is 2.71. The van der Waals surface area contributed by atoms with Crippen molar-refractivity contribution in [2.24, 2.45) is 0 Å². The van der Waals surface area contributed by atoms with Crippen LogP contribution in [0, 0.1) is 20.8 Å². The first-order valence-corrected chi connectivity index (χ1v) is 5.87. The molecule has 1 rings (SSSR count). The number of carbonyl (C=O) groups is 1. The first kappa shape index (κ1) is 13.7. The third-order valence-corrected chi connectivity index (χ3v) is 2.98. The van der Waals surface area contributed by atoms with Crippen molar-refractivity contribution in [3.8, 4) is 0 Å². The van der Waals surface area contributed by atoms with Gasteiger partial charge in [0.05, 0.1) is 6.42 Å². The van der Waals surface area contributed by atoms with E-state index >= 15 is 0 Å². The van der Waals surface area contributed by atoms with E-state index in [0.29, 0.717) is 6.54 Å². The number of carboxylic acids is 1. The van der Waals surface area contributed by atoms with E-state index in [1.165, 1.54) is 22.3 Å². The zero-order valence-corrected chi connectivity index (χ0v) is 11.1. The van der Waals surface area contributed by atoms with Gasteiger partial charge in [-0.3, -0.25) is 4.79 Å². The van der Waals surface area contributed by atoms with Crippen LogP contribution >= 0.6 is 0 Å². The molecule has 0 bridgehead atoms. The Bertz CT molecular complexity index is 390. The summed E-state index contributed by atoms with van der Waals surface area (Å²) in [5.74, 6) is -0.741. The minimum Gasteiger partial charge on any atom is -0.481 e. The lowest BCUT2D eigenvalue weighted by Crippen LogP contribution is -2.22. The van der Waals surface area contributed by atoms with E-state index in [9.17, 15) is 4.79 Å². The molecule has 0 saturated carbocycles. The Morgan fingerprint density at radius 1 is 1.24 bits per heavy atom. The molecule has 0 heterocycles. The standard InChI is InChI=1S/C14H21NO2/c1-10-7-11(2)13(12(3)8-10)9-15(4)6-5-14(16)17/h7-8H,5-6,9H2,1-4H3,(H,16,17). The summed E-state index contributed by atoms with van der Waals surface area (Å²) < 4.78 is 0. The van der Waals surface area contributed by atoms with Gasteiger partial charge in [0, 0.05) is 13.1 Å². The summed E-state index contributed by atoms with van der Waals surface area (Å²) in [6, 6.07) is 4.35. The molecule has 1 aromatic carbocycles. The van der Waals surface area contributed by atoms with E-state index in [-0.39, 0.29) is 6.42 Å². The van der Waals surface area contributed by atoms with E-state index in [1.807, 2.05) is 7.05 Å². The zero-order valence-electron chi connectivity index (χ0n) is 11.1. The van der Waals surface area contributed by atoms with Crippen LogP contribution in [-0.4, -0.2) is 29.6 Å². The highest BCUT2D eigenvalue weighted by molar-refractivity contribution is 5.66. The lowest BCUT2D eigenvalue weighted by Gasteiger charge is -2.19. The van der Waals surface area contributed by atoms with E-state index in [1.54, 1.807) is 0 Å². The van der Waals surface area contributed by atoms with E-state index < -0.39 is 5.97 Å². The molecule has 0 atom stereocenters. The molecule has 0 spiro atoms. The Kier molecular flexibility index (Phi) is 4.70. The molecule has 0 fully saturated rings. The maximum Gasteiger partial charge on any atom is 0.304 e. The molecule has 0 aliphatic heterocycles. The van der Waals surface area contributed by atoms with Crippen LogP contribution in [-0.2, 0) is 11.3 Å². The van der Waals surface area contributed by atoms with Gasteiger partial charge < -0.3 is 10.0 Å². The third kappa shape index (κ3) is 4.19. The molecule has 0 saturated heterocycles. The molecule has 1 aromatic rings. The molecule has 0 aliphatic carbocycles. The monoisotopic (exact) mass is 235 g/mol. The second-order valence-electron chi connectivity index (χ2n) is 4.76. The van der Waals surface area contributed by atoms with Crippen molar-refractivity contribution in [2.75, 3.05) is 13.6 Å². The minimum absolute atomic E-state index is 0.195. The lowest BCUT2D eigenvalue weighted by atomic mass is 9.99. The topological polar surface area (TPSA) is 40.5 Å². The maximum atomic E-state index is 10.5. The second-order valence-corrected chi connectivity index (χ2v) is 4.76. The van der Waals surface area contributed by atoms with Crippen LogP contribution < -0.4 is 0 Å². The predicted molar refractivity (Wildman–Crippen MR) is 69.2 cm³/mol. The summed E-state index contributed by atoms with van der Waals surface area (Å²) in [6.07, 6.45) is 0.195. The summed E-state index contributed by atoms with van der Waals surface area (Å²) in [5, 5.41) is 8.65. The van der Waals surface area contributed by atoms with Crippen LogP contribution in [0.1, 0.15) is 28.7 Å². The summed E-state index contributed by atoms with van der Waals surface area (Å²) >= 11 is 0. The van der Waals surface area contributed by atoms with Crippen molar-refractivity contribution in [1.82, 2.24) is 4.90 Å². The number of nitrogens with zero attached hydrogens (tertiary/aromatic N) is 1. The molecule has 3 heteroatoms. The van der Waals surface area contributed by atoms with Gasteiger partial charge in [0.1, 0.15) is 0 Å². The van der Waals surface area contributed by atoms with Crippen molar-refractivity contribution in [1.29, 1.82) is 0 Å². The van der Waals surface area contributed by atoms with Gasteiger partial charge in [0.15, 0.2) is 0 Å². The average molecular weight is 235 g/mol. The van der Waals surface area contributed by atoms with Gasteiger partial charge in [0.2, 0.25) is 0 Å². The van der Waals surface area contributed by atoms with Crippen molar-refractivity contribution < 1.29 is 9.90 Å². The number of benzene rings is 1. The van der Waals surface area contributed by atoms with Gasteiger partial charge in [-0.25, -0.2) is 0 Å². The van der Waals surface area contributed by atoms with E-state index in [0.717, 1.165) is 6.54 Å². The van der Waals surface area contributed by atoms with Crippen LogP contribution in [0.5, 0.6) is 0 Å². The quantitative estimate of drug-likeness (QED) is 0.852. The predicted octanol–water partition coefficient (Wildman–Crippen LogP) is 2.52. The number of hydrogen-bond acceptors (Lipinski definition) is 2. The molecular formula is C14H21NO2. The van der Waals surface area contributed by atoms with Crippen LogP contribution in [0.4, 0.5) is 0 Å². The summed E-state index contributed by atoms with van der Waals surface area (Å²) in [6.45, 7) is 7.71. The van der Waals surface area contributed by atoms with Gasteiger partial charge in [0.25, 0.3) is 0 Å². The number of hydrogen-bond donors (Lipinski definition) is 1. The summed E-state index contributed by atoms with van der Waals surface area (Å²) in [7, 11) is 1.96. The first-order valence-electron chi connectivity index (χ1n) is 5.87. The van der Waals surface area contributed by atoms with Gasteiger partial charge >= 0.3 is 5.97 Å². The highest BCUT2D eigenvalue weighted by Gasteiger charge is 2.08. The highest BCUT2D eigenvalue weighted by Crippen LogP contribution is 2.17. The van der Waals surface area contributed by atoms with Crippen molar-refractivity contribution in [3.05, 3.63) is 34.4 Å². The third-order valence-electron chi connectivity index (χ3n) is 2.98. The zero-order chi connectivity index (χ0) is 13.0. The molecule has 0 radical (unpaired) electrons. The SMILES string of the molecule is Cc1cc(C)c(CN(C)CCC(=O)O)c(C)c1. The second kappa shape index (κ2) is 5.82. The molecule has 94 valence electrons. The van der Waals surface area contributed by atoms with Crippen molar-refractivity contribution in [3.63, 3.8) is 0 Å². The first-order chi connectivity index (χ1) is 7.90. The average Bonchev–Trinajstić information content (AvgIpc) is 2.20. The summed E-state index contributed by atoms with van der Waals surface area (Å²) in [5.41, 5.74) is 5.15. The van der Waals surface area contributed by atoms with Crippen molar-refractivity contribution in [2.45, 2.75) is 33.7 Å². The molecule has 3 nitrogen and oxygen atoms in total. The molecule has 0 unspecified atom stereocenters. The van der Waals surface area contributed by atoms with Gasteiger partial charge in [-0.05, 0) is 44.5 Å². The Labute approximate surface area is 103 Å². The molecule has 1 N–H and O–H groups in total. The van der Waals surface area contributed by atoms with E-state index in [2.05, 4.69) is 37.8 Å². The Morgan fingerprint density at radius 2 is 1.76 bits per heavy atom. The van der Waals surface area contributed by atoms with Crippen LogP contribution in [0.2, 0.25) is 0 Å². The molecule has 0 aromatic heterocycles. The Morgan fingerprint density at radius 3 is 2.24 bits per heavy atom. The van der Waals surface area contributed by atoms with Gasteiger partial charge in [-0.2, -0.15) is 0 Å². The fraction of sp³-hybridized carbons (Fsp3) is 0.500. The molecule has 0 amide bonds. The number of aryl methyl sites for hydroxylation is 3. The summed E-state index contributed by atoms with van der Waals surface area (Å²) in [4.78, 5) is 12.6. The molecule has 0 aliphatic rings. The normalized spacial score (nSPS) is 10.9. The fourth-order valence-electron chi connectivity index (χ4n) is 2.09. The van der Waals surface area contributed by atoms with Gasteiger partial charge in [-0.15, -0.1) is 0 Å². The van der Waals surface area contributed by atoms with Gasteiger partial charge in [-0.1, -0.05) is 17.7 Å².